The van der Waals surface area contributed by atoms with Gasteiger partial charge in [-0.1, -0.05) is 24.3 Å². The van der Waals surface area contributed by atoms with E-state index in [1.54, 1.807) is 6.92 Å². The number of para-hydroxylation sites is 2. The molecule has 4 aromatic rings. The summed E-state index contributed by atoms with van der Waals surface area (Å²) in [4.78, 5) is 34.8. The number of thiazole rings is 2. The van der Waals surface area contributed by atoms with Crippen molar-refractivity contribution in [3.8, 4) is 0 Å². The number of benzene rings is 2. The fourth-order valence-electron chi connectivity index (χ4n) is 4.48. The Morgan fingerprint density at radius 1 is 0.971 bits per heavy atom. The summed E-state index contributed by atoms with van der Waals surface area (Å²) in [5.41, 5.74) is 1.76. The Morgan fingerprint density at radius 2 is 1.54 bits per heavy atom. The lowest BCUT2D eigenvalue weighted by Gasteiger charge is -2.44. The Morgan fingerprint density at radius 3 is 2.09 bits per heavy atom. The van der Waals surface area contributed by atoms with Crippen molar-refractivity contribution in [2.24, 2.45) is 5.92 Å². The molecule has 1 atom stereocenters. The van der Waals surface area contributed by atoms with Crippen molar-refractivity contribution in [3.05, 3.63) is 58.5 Å². The molecule has 3 aliphatic rings. The van der Waals surface area contributed by atoms with Gasteiger partial charge in [0.25, 0.3) is 5.91 Å². The predicted octanol–water partition coefficient (Wildman–Crippen LogP) is 5.02. The van der Waals surface area contributed by atoms with Crippen LogP contribution in [-0.2, 0) is 4.74 Å². The molecule has 5 heterocycles. The number of piperidine rings is 3. The summed E-state index contributed by atoms with van der Waals surface area (Å²) in [7, 11) is 0. The van der Waals surface area contributed by atoms with Crippen LogP contribution in [0, 0.1) is 5.92 Å². The molecule has 0 saturated carbocycles. The molecule has 3 aliphatic heterocycles. The van der Waals surface area contributed by atoms with Gasteiger partial charge in [0, 0.05) is 12.6 Å². The zero-order valence-corrected chi connectivity index (χ0v) is 21.8. The zero-order valence-electron chi connectivity index (χ0n) is 19.3. The van der Waals surface area contributed by atoms with Gasteiger partial charge in [-0.3, -0.25) is 4.79 Å². The molecule has 0 unspecified atom stereocenters. The smallest absolute Gasteiger partial charge is 0.367 e. The minimum Gasteiger partial charge on any atom is -0.461 e. The van der Waals surface area contributed by atoms with E-state index in [2.05, 4.69) is 20.2 Å². The van der Waals surface area contributed by atoms with Crippen LogP contribution in [0.1, 0.15) is 39.4 Å². The molecule has 3 saturated heterocycles. The Kier molecular flexibility index (Phi) is 8.33. The van der Waals surface area contributed by atoms with Gasteiger partial charge in [0.1, 0.15) is 0 Å². The van der Waals surface area contributed by atoms with Crippen LogP contribution in [-0.4, -0.2) is 59.0 Å². The summed E-state index contributed by atoms with van der Waals surface area (Å²) in [5, 5.41) is 4.20. The number of hydrogen-bond acceptors (Lipinski definition) is 8. The number of fused-ring (bicyclic) bond motifs is 5. The molecule has 2 aromatic heterocycles. The van der Waals surface area contributed by atoms with Crippen molar-refractivity contribution < 1.29 is 14.3 Å². The van der Waals surface area contributed by atoms with Gasteiger partial charge in [0.05, 0.1) is 27.0 Å². The van der Waals surface area contributed by atoms with E-state index in [1.165, 1.54) is 48.6 Å². The Balaban J connectivity index is 0.000000171. The van der Waals surface area contributed by atoms with Gasteiger partial charge in [0.15, 0.2) is 5.01 Å². The second-order valence-corrected chi connectivity index (χ2v) is 10.5. The molecule has 0 spiro atoms. The summed E-state index contributed by atoms with van der Waals surface area (Å²) in [5.74, 6) is 0.303. The molecule has 0 radical (unpaired) electrons. The first kappa shape index (κ1) is 25.5. The van der Waals surface area contributed by atoms with Crippen LogP contribution in [0.2, 0.25) is 0 Å². The van der Waals surface area contributed by atoms with Gasteiger partial charge < -0.3 is 15.0 Å². The average Bonchev–Trinajstić information content (AvgIpc) is 3.50. The highest BCUT2D eigenvalue weighted by atomic mass is 35.5. The van der Waals surface area contributed by atoms with Crippen molar-refractivity contribution in [1.29, 1.82) is 0 Å². The first-order valence-electron chi connectivity index (χ1n) is 11.5. The van der Waals surface area contributed by atoms with Gasteiger partial charge in [-0.15, -0.1) is 35.1 Å². The minimum atomic E-state index is -0.339. The third-order valence-electron chi connectivity index (χ3n) is 6.20. The van der Waals surface area contributed by atoms with Crippen LogP contribution in [0.4, 0.5) is 0 Å². The first-order valence-corrected chi connectivity index (χ1v) is 13.2. The molecule has 7 nitrogen and oxygen atoms in total. The fraction of sp³-hybridized carbons (Fsp3) is 0.360. The van der Waals surface area contributed by atoms with Gasteiger partial charge in [0.2, 0.25) is 5.01 Å². The number of carbonyl (C=O) groups is 2. The summed E-state index contributed by atoms with van der Waals surface area (Å²) in [6.45, 7) is 5.55. The van der Waals surface area contributed by atoms with E-state index in [1.807, 2.05) is 48.5 Å². The normalized spacial score (nSPS) is 20.5. The van der Waals surface area contributed by atoms with Gasteiger partial charge in [-0.05, 0) is 63.0 Å². The maximum atomic E-state index is 12.4. The number of carbonyl (C=O) groups excluding carboxylic acids is 2. The maximum absolute atomic E-state index is 12.4. The summed E-state index contributed by atoms with van der Waals surface area (Å²) >= 11 is 2.84. The number of halogens is 1. The molecule has 0 aliphatic carbocycles. The monoisotopic (exact) mass is 530 g/mol. The highest BCUT2D eigenvalue weighted by Crippen LogP contribution is 2.28. The van der Waals surface area contributed by atoms with Gasteiger partial charge in [-0.2, -0.15) is 0 Å². The minimum absolute atomic E-state index is 0. The lowest BCUT2D eigenvalue weighted by molar-refractivity contribution is 0.0526. The predicted molar refractivity (Wildman–Crippen MR) is 143 cm³/mol. The quantitative estimate of drug-likeness (QED) is 0.373. The summed E-state index contributed by atoms with van der Waals surface area (Å²) in [6, 6.07) is 15.9. The summed E-state index contributed by atoms with van der Waals surface area (Å²) in [6.07, 6.45) is 2.43. The number of nitrogens with zero attached hydrogens (tertiary/aromatic N) is 3. The average molecular weight is 531 g/mol. The van der Waals surface area contributed by atoms with Crippen molar-refractivity contribution >= 4 is 67.4 Å². The highest BCUT2D eigenvalue weighted by Gasteiger charge is 2.35. The largest absolute Gasteiger partial charge is 0.461 e. The van der Waals surface area contributed by atoms with Crippen LogP contribution < -0.4 is 5.32 Å². The molecule has 7 rings (SSSR count). The van der Waals surface area contributed by atoms with Gasteiger partial charge >= 0.3 is 5.97 Å². The third-order valence-corrected chi connectivity index (χ3v) is 8.26. The molecule has 2 bridgehead atoms. The maximum Gasteiger partial charge on any atom is 0.367 e. The molecular weight excluding hydrogens is 504 g/mol. The van der Waals surface area contributed by atoms with E-state index in [9.17, 15) is 9.59 Å². The number of nitrogens with one attached hydrogen (secondary N) is 1. The standard InChI is InChI=1S/C15H17N3OS.C10H9NO2S.ClH/c19-14(15-17-11-3-1-2-4-13(11)20-15)16-12-9-18-7-5-10(12)6-8-18;1-2-13-10(12)9-11-7-5-3-4-6-8(7)14-9;/h1-4,10,12H,5-9H2,(H,16,19);3-6H,2H2,1H3;1H/t12-;;/m0../s1. The van der Waals surface area contributed by atoms with Crippen LogP contribution in [0.15, 0.2) is 48.5 Å². The number of aromatic nitrogens is 2. The molecule has 35 heavy (non-hydrogen) atoms. The molecule has 1 N–H and O–H groups in total. The van der Waals surface area contributed by atoms with Gasteiger partial charge in [-0.25, -0.2) is 14.8 Å². The fourth-order valence-corrected chi connectivity index (χ4v) is 6.21. The van der Waals surface area contributed by atoms with Crippen molar-refractivity contribution in [2.45, 2.75) is 25.8 Å². The van der Waals surface area contributed by atoms with Crippen LogP contribution in [0.25, 0.3) is 20.4 Å². The van der Waals surface area contributed by atoms with E-state index in [4.69, 9.17) is 4.74 Å². The van der Waals surface area contributed by atoms with Crippen LogP contribution in [0.5, 0.6) is 0 Å². The molecule has 1 amide bonds. The summed E-state index contributed by atoms with van der Waals surface area (Å²) < 4.78 is 6.95. The van der Waals surface area contributed by atoms with E-state index in [-0.39, 0.29) is 24.3 Å². The molecule has 184 valence electrons. The zero-order chi connectivity index (χ0) is 23.5. The van der Waals surface area contributed by atoms with E-state index in [0.29, 0.717) is 28.6 Å². The SMILES string of the molecule is CCOC(=O)c1nc2ccccc2s1.Cl.O=C(N[C@H]1CN2CCC1CC2)c1nc2ccccc2s1. The Bertz CT molecular complexity index is 1250. The molecule has 2 aromatic carbocycles. The Hall–Kier alpha value is -2.59. The van der Waals surface area contributed by atoms with Crippen molar-refractivity contribution in [1.82, 2.24) is 20.2 Å². The first-order chi connectivity index (χ1) is 16.6. The highest BCUT2D eigenvalue weighted by molar-refractivity contribution is 7.20. The lowest BCUT2D eigenvalue weighted by atomic mass is 9.84. The topological polar surface area (TPSA) is 84.4 Å². The van der Waals surface area contributed by atoms with Crippen molar-refractivity contribution in [2.75, 3.05) is 26.2 Å². The second kappa shape index (κ2) is 11.4. The number of rotatable bonds is 4. The van der Waals surface area contributed by atoms with Crippen LogP contribution in [0.3, 0.4) is 0 Å². The number of esters is 1. The third kappa shape index (κ3) is 5.81. The van der Waals surface area contributed by atoms with E-state index in [0.717, 1.165) is 27.0 Å². The van der Waals surface area contributed by atoms with E-state index < -0.39 is 0 Å². The van der Waals surface area contributed by atoms with Crippen molar-refractivity contribution in [3.63, 3.8) is 0 Å². The van der Waals surface area contributed by atoms with E-state index >= 15 is 0 Å². The molecular formula is C25H27ClN4O3S2. The molecule has 3 fully saturated rings. The molecule has 10 heteroatoms. The second-order valence-electron chi connectivity index (χ2n) is 8.41. The lowest BCUT2D eigenvalue weighted by Crippen LogP contribution is -2.57. The van der Waals surface area contributed by atoms with Crippen LogP contribution >= 0.6 is 35.1 Å². The Labute approximate surface area is 217 Å². The number of hydrogen-bond donors (Lipinski definition) is 1. The number of ether oxygens (including phenoxy) is 1. The number of amides is 1.